The van der Waals surface area contributed by atoms with Crippen LogP contribution in [0.15, 0.2) is 48.9 Å². The van der Waals surface area contributed by atoms with Gasteiger partial charge in [0.2, 0.25) is 0 Å². The molecule has 7 heteroatoms. The van der Waals surface area contributed by atoms with Crippen LogP contribution >= 0.6 is 0 Å². The first-order valence-corrected chi connectivity index (χ1v) is 9.51. The number of piperidine rings is 1. The minimum absolute atomic E-state index is 0.00665. The Morgan fingerprint density at radius 3 is 2.68 bits per heavy atom. The van der Waals surface area contributed by atoms with Gasteiger partial charge in [0.15, 0.2) is 0 Å². The Balaban J connectivity index is 1.41. The van der Waals surface area contributed by atoms with Crippen molar-refractivity contribution in [2.75, 3.05) is 37.4 Å². The molecule has 1 amide bonds. The smallest absolute Gasteiger partial charge is 0.273 e. The predicted octanol–water partition coefficient (Wildman–Crippen LogP) is 2.81. The first kappa shape index (κ1) is 18.2. The van der Waals surface area contributed by atoms with Crippen LogP contribution in [0.5, 0.6) is 0 Å². The summed E-state index contributed by atoms with van der Waals surface area (Å²) in [4.78, 5) is 29.8. The number of benzene rings is 1. The molecule has 1 N–H and O–H groups in total. The SMILES string of the molecule is CN(C)c1cc(NC2CCN(C(=O)c3nccc4ccccc34)CC2)ncn1. The zero-order valence-electron chi connectivity index (χ0n) is 16.2. The number of amides is 1. The van der Waals surface area contributed by atoms with Gasteiger partial charge in [-0.1, -0.05) is 24.3 Å². The van der Waals surface area contributed by atoms with Crippen molar-refractivity contribution in [3.63, 3.8) is 0 Å². The van der Waals surface area contributed by atoms with Gasteiger partial charge >= 0.3 is 0 Å². The normalized spacial score (nSPS) is 14.9. The van der Waals surface area contributed by atoms with Crippen molar-refractivity contribution in [3.8, 4) is 0 Å². The van der Waals surface area contributed by atoms with Crippen LogP contribution in [-0.4, -0.2) is 59.0 Å². The molecule has 28 heavy (non-hydrogen) atoms. The highest BCUT2D eigenvalue weighted by Gasteiger charge is 2.25. The topological polar surface area (TPSA) is 74.2 Å². The van der Waals surface area contributed by atoms with Gasteiger partial charge in [-0.05, 0) is 24.3 Å². The number of aromatic nitrogens is 3. The highest BCUT2D eigenvalue weighted by Crippen LogP contribution is 2.21. The summed E-state index contributed by atoms with van der Waals surface area (Å²) < 4.78 is 0. The van der Waals surface area contributed by atoms with E-state index in [1.807, 2.05) is 60.3 Å². The molecule has 0 aliphatic carbocycles. The summed E-state index contributed by atoms with van der Waals surface area (Å²) in [6, 6.07) is 12.1. The molecule has 1 saturated heterocycles. The van der Waals surface area contributed by atoms with E-state index in [0.29, 0.717) is 18.8 Å². The van der Waals surface area contributed by atoms with E-state index < -0.39 is 0 Å². The number of hydrogen-bond donors (Lipinski definition) is 1. The molecular weight excluding hydrogens is 352 g/mol. The van der Waals surface area contributed by atoms with Gasteiger partial charge in [0, 0.05) is 50.9 Å². The predicted molar refractivity (Wildman–Crippen MR) is 111 cm³/mol. The van der Waals surface area contributed by atoms with Crippen LogP contribution in [0.4, 0.5) is 11.6 Å². The summed E-state index contributed by atoms with van der Waals surface area (Å²) >= 11 is 0. The molecule has 0 unspecified atom stereocenters. The van der Waals surface area contributed by atoms with Crippen molar-refractivity contribution in [1.29, 1.82) is 0 Å². The highest BCUT2D eigenvalue weighted by molar-refractivity contribution is 6.05. The van der Waals surface area contributed by atoms with Crippen LogP contribution in [0.3, 0.4) is 0 Å². The average Bonchev–Trinajstić information content (AvgIpc) is 2.73. The van der Waals surface area contributed by atoms with E-state index in [0.717, 1.165) is 35.2 Å². The Labute approximate surface area is 164 Å². The summed E-state index contributed by atoms with van der Waals surface area (Å²) in [5.74, 6) is 1.69. The number of nitrogens with zero attached hydrogens (tertiary/aromatic N) is 5. The van der Waals surface area contributed by atoms with E-state index >= 15 is 0 Å². The monoisotopic (exact) mass is 376 g/mol. The van der Waals surface area contributed by atoms with Gasteiger partial charge < -0.3 is 15.1 Å². The molecule has 1 aromatic carbocycles. The first-order valence-electron chi connectivity index (χ1n) is 9.51. The quantitative estimate of drug-likeness (QED) is 0.755. The summed E-state index contributed by atoms with van der Waals surface area (Å²) in [5.41, 5.74) is 0.538. The third-order valence-electron chi connectivity index (χ3n) is 5.12. The third-order valence-corrected chi connectivity index (χ3v) is 5.12. The van der Waals surface area contributed by atoms with Gasteiger partial charge in [-0.2, -0.15) is 0 Å². The Morgan fingerprint density at radius 1 is 1.11 bits per heavy atom. The number of pyridine rings is 1. The lowest BCUT2D eigenvalue weighted by molar-refractivity contribution is 0.0714. The molecule has 3 aromatic rings. The fraction of sp³-hybridized carbons (Fsp3) is 0.333. The Hall–Kier alpha value is -3.22. The molecule has 0 bridgehead atoms. The summed E-state index contributed by atoms with van der Waals surface area (Å²) in [6.07, 6.45) is 5.03. The Bertz CT molecular complexity index is 976. The van der Waals surface area contributed by atoms with Crippen molar-refractivity contribution in [1.82, 2.24) is 19.9 Å². The number of hydrogen-bond acceptors (Lipinski definition) is 6. The van der Waals surface area contributed by atoms with E-state index in [1.54, 1.807) is 12.5 Å². The second-order valence-electron chi connectivity index (χ2n) is 7.25. The van der Waals surface area contributed by atoms with Crippen LogP contribution in [0, 0.1) is 0 Å². The average molecular weight is 376 g/mol. The molecular formula is C21H24N6O. The molecule has 0 radical (unpaired) electrons. The second-order valence-corrected chi connectivity index (χ2v) is 7.25. The molecule has 7 nitrogen and oxygen atoms in total. The van der Waals surface area contributed by atoms with Crippen LogP contribution in [0.2, 0.25) is 0 Å². The summed E-state index contributed by atoms with van der Waals surface area (Å²) in [5, 5.41) is 5.42. The third kappa shape index (κ3) is 3.74. The van der Waals surface area contributed by atoms with E-state index in [1.165, 1.54) is 0 Å². The second kappa shape index (κ2) is 7.80. The fourth-order valence-corrected chi connectivity index (χ4v) is 3.55. The summed E-state index contributed by atoms with van der Waals surface area (Å²) in [7, 11) is 3.91. The molecule has 2 aromatic heterocycles. The van der Waals surface area contributed by atoms with Crippen LogP contribution in [0.1, 0.15) is 23.3 Å². The molecule has 0 spiro atoms. The molecule has 0 atom stereocenters. The van der Waals surface area contributed by atoms with Gasteiger partial charge in [0.25, 0.3) is 5.91 Å². The zero-order valence-corrected chi connectivity index (χ0v) is 16.2. The van der Waals surface area contributed by atoms with Gasteiger partial charge in [0.1, 0.15) is 23.7 Å². The molecule has 3 heterocycles. The van der Waals surface area contributed by atoms with Crippen molar-refractivity contribution in [2.24, 2.45) is 0 Å². The maximum Gasteiger partial charge on any atom is 0.273 e. The Morgan fingerprint density at radius 2 is 1.89 bits per heavy atom. The number of carbonyl (C=O) groups is 1. The lowest BCUT2D eigenvalue weighted by Crippen LogP contribution is -2.42. The fourth-order valence-electron chi connectivity index (χ4n) is 3.55. The number of nitrogens with one attached hydrogen (secondary N) is 1. The zero-order chi connectivity index (χ0) is 19.5. The molecule has 1 aliphatic rings. The maximum absolute atomic E-state index is 13.0. The highest BCUT2D eigenvalue weighted by atomic mass is 16.2. The van der Waals surface area contributed by atoms with Crippen LogP contribution in [-0.2, 0) is 0 Å². The number of likely N-dealkylation sites (tertiary alicyclic amines) is 1. The number of carbonyl (C=O) groups excluding carboxylic acids is 1. The van der Waals surface area contributed by atoms with Crippen molar-refractivity contribution in [3.05, 3.63) is 54.6 Å². The van der Waals surface area contributed by atoms with Gasteiger partial charge in [-0.25, -0.2) is 9.97 Å². The first-order chi connectivity index (χ1) is 13.6. The van der Waals surface area contributed by atoms with Gasteiger partial charge in [-0.15, -0.1) is 0 Å². The van der Waals surface area contributed by atoms with E-state index in [-0.39, 0.29) is 11.9 Å². The van der Waals surface area contributed by atoms with Crippen molar-refractivity contribution < 1.29 is 4.79 Å². The molecule has 4 rings (SSSR count). The lowest BCUT2D eigenvalue weighted by Gasteiger charge is -2.32. The van der Waals surface area contributed by atoms with Gasteiger partial charge in [0.05, 0.1) is 0 Å². The minimum atomic E-state index is 0.00665. The summed E-state index contributed by atoms with van der Waals surface area (Å²) in [6.45, 7) is 1.40. The molecule has 144 valence electrons. The van der Waals surface area contributed by atoms with E-state index in [4.69, 9.17) is 0 Å². The van der Waals surface area contributed by atoms with Crippen molar-refractivity contribution in [2.45, 2.75) is 18.9 Å². The van der Waals surface area contributed by atoms with E-state index in [9.17, 15) is 4.79 Å². The van der Waals surface area contributed by atoms with Crippen LogP contribution < -0.4 is 10.2 Å². The largest absolute Gasteiger partial charge is 0.367 e. The maximum atomic E-state index is 13.0. The number of fused-ring (bicyclic) bond motifs is 1. The molecule has 0 saturated carbocycles. The van der Waals surface area contributed by atoms with Crippen molar-refractivity contribution >= 4 is 28.3 Å². The lowest BCUT2D eigenvalue weighted by atomic mass is 10.0. The minimum Gasteiger partial charge on any atom is -0.367 e. The van der Waals surface area contributed by atoms with E-state index in [2.05, 4.69) is 20.3 Å². The standard InChI is InChI=1S/C21H24N6O/c1-26(2)19-13-18(23-14-24-19)25-16-8-11-27(12-9-16)21(28)20-17-6-4-3-5-15(17)7-10-22-20/h3-7,10,13-14,16H,8-9,11-12H2,1-2H3,(H,23,24,25). The van der Waals surface area contributed by atoms with Gasteiger partial charge in [-0.3, -0.25) is 9.78 Å². The molecule has 1 fully saturated rings. The Kier molecular flexibility index (Phi) is 5.06. The number of anilines is 2. The number of rotatable bonds is 4. The molecule has 1 aliphatic heterocycles. The van der Waals surface area contributed by atoms with Crippen LogP contribution in [0.25, 0.3) is 10.8 Å².